The predicted molar refractivity (Wildman–Crippen MR) is 81.1 cm³/mol. The number of benzene rings is 1. The van der Waals surface area contributed by atoms with E-state index < -0.39 is 0 Å². The molecular formula is C13H9BrINO2. The zero-order valence-electron chi connectivity index (χ0n) is 9.48. The van der Waals surface area contributed by atoms with E-state index in [2.05, 4.69) is 43.5 Å². The summed E-state index contributed by atoms with van der Waals surface area (Å²) in [5.74, 6) is 0.495. The van der Waals surface area contributed by atoms with Gasteiger partial charge in [0.05, 0.1) is 13.3 Å². The first-order chi connectivity index (χ1) is 8.61. The molecule has 0 N–H and O–H groups in total. The summed E-state index contributed by atoms with van der Waals surface area (Å²) >= 11 is 5.56. The Morgan fingerprint density at radius 1 is 1.33 bits per heavy atom. The number of rotatable bonds is 3. The molecule has 1 heterocycles. The van der Waals surface area contributed by atoms with Crippen LogP contribution in [0.3, 0.4) is 0 Å². The van der Waals surface area contributed by atoms with Gasteiger partial charge in [-0.15, -0.1) is 0 Å². The van der Waals surface area contributed by atoms with Crippen LogP contribution in [0.15, 0.2) is 41.1 Å². The minimum atomic E-state index is -0.0770. The Labute approximate surface area is 127 Å². The Morgan fingerprint density at radius 2 is 2.11 bits per heavy atom. The smallest absolute Gasteiger partial charge is 0.195 e. The number of aromatic nitrogens is 1. The van der Waals surface area contributed by atoms with Crippen molar-refractivity contribution >= 4 is 44.3 Å². The zero-order chi connectivity index (χ0) is 13.1. The minimum absolute atomic E-state index is 0.0770. The highest BCUT2D eigenvalue weighted by Gasteiger charge is 2.14. The maximum Gasteiger partial charge on any atom is 0.195 e. The fourth-order valence-electron chi connectivity index (χ4n) is 1.48. The summed E-state index contributed by atoms with van der Waals surface area (Å²) in [6.07, 6.45) is 3.11. The number of carbonyl (C=O) groups excluding carboxylic acids is 1. The lowest BCUT2D eigenvalue weighted by Gasteiger charge is -2.06. The fraction of sp³-hybridized carbons (Fsp3) is 0.0769. The van der Waals surface area contributed by atoms with Crippen LogP contribution in [0.4, 0.5) is 0 Å². The summed E-state index contributed by atoms with van der Waals surface area (Å²) < 4.78 is 6.85. The molecule has 0 unspecified atom stereocenters. The van der Waals surface area contributed by atoms with Crippen molar-refractivity contribution in [1.29, 1.82) is 0 Å². The van der Waals surface area contributed by atoms with E-state index in [4.69, 9.17) is 4.74 Å². The van der Waals surface area contributed by atoms with Crippen LogP contribution in [0.1, 0.15) is 15.9 Å². The van der Waals surface area contributed by atoms with Crippen LogP contribution in [0, 0.1) is 3.57 Å². The first-order valence-electron chi connectivity index (χ1n) is 5.10. The Kier molecular flexibility index (Phi) is 4.34. The van der Waals surface area contributed by atoms with Crippen molar-refractivity contribution in [3.63, 3.8) is 0 Å². The minimum Gasteiger partial charge on any atom is -0.495 e. The van der Waals surface area contributed by atoms with Crippen LogP contribution in [-0.4, -0.2) is 17.9 Å². The van der Waals surface area contributed by atoms with E-state index in [1.165, 1.54) is 6.20 Å². The molecule has 0 aliphatic rings. The number of pyridine rings is 1. The van der Waals surface area contributed by atoms with E-state index in [1.54, 1.807) is 19.4 Å². The molecule has 0 saturated carbocycles. The maximum absolute atomic E-state index is 12.4. The molecule has 2 aromatic rings. The highest BCUT2D eigenvalue weighted by atomic mass is 127. The topological polar surface area (TPSA) is 39.2 Å². The Hall–Kier alpha value is -0.950. The van der Waals surface area contributed by atoms with E-state index in [0.717, 1.165) is 8.04 Å². The number of ketones is 1. The van der Waals surface area contributed by atoms with Gasteiger partial charge in [-0.25, -0.2) is 0 Å². The molecule has 92 valence electrons. The third kappa shape index (κ3) is 2.89. The summed E-state index contributed by atoms with van der Waals surface area (Å²) in [7, 11) is 1.55. The quantitative estimate of drug-likeness (QED) is 0.564. The van der Waals surface area contributed by atoms with Crippen LogP contribution in [0.2, 0.25) is 0 Å². The van der Waals surface area contributed by atoms with E-state index in [1.807, 2.05) is 18.2 Å². The second-order valence-electron chi connectivity index (χ2n) is 3.57. The Bertz CT molecular complexity index is 601. The van der Waals surface area contributed by atoms with Gasteiger partial charge in [0.1, 0.15) is 5.75 Å². The molecule has 0 aliphatic carbocycles. The van der Waals surface area contributed by atoms with Gasteiger partial charge < -0.3 is 4.74 Å². The van der Waals surface area contributed by atoms with Gasteiger partial charge in [0.25, 0.3) is 0 Å². The van der Waals surface area contributed by atoms with Gasteiger partial charge in [-0.2, -0.15) is 0 Å². The number of methoxy groups -OCH3 is 1. The first-order valence-corrected chi connectivity index (χ1v) is 6.98. The van der Waals surface area contributed by atoms with Crippen molar-refractivity contribution in [2.24, 2.45) is 0 Å². The van der Waals surface area contributed by atoms with Crippen LogP contribution < -0.4 is 4.74 Å². The molecule has 0 radical (unpaired) electrons. The van der Waals surface area contributed by atoms with Crippen LogP contribution in [-0.2, 0) is 0 Å². The number of halogens is 2. The summed E-state index contributed by atoms with van der Waals surface area (Å²) in [6.45, 7) is 0. The van der Waals surface area contributed by atoms with E-state index in [9.17, 15) is 4.79 Å². The highest BCUT2D eigenvalue weighted by molar-refractivity contribution is 14.1. The van der Waals surface area contributed by atoms with Gasteiger partial charge in [0, 0.05) is 25.4 Å². The number of carbonyl (C=O) groups is 1. The molecular weight excluding hydrogens is 409 g/mol. The lowest BCUT2D eigenvalue weighted by Crippen LogP contribution is -2.04. The van der Waals surface area contributed by atoms with Crippen molar-refractivity contribution in [3.8, 4) is 5.75 Å². The molecule has 0 amide bonds. The van der Waals surface area contributed by atoms with Crippen molar-refractivity contribution in [1.82, 2.24) is 4.98 Å². The molecule has 3 nitrogen and oxygen atoms in total. The number of ether oxygens (including phenoxy) is 1. The van der Waals surface area contributed by atoms with Crippen molar-refractivity contribution in [2.45, 2.75) is 0 Å². The molecule has 2 rings (SSSR count). The third-order valence-corrected chi connectivity index (χ3v) is 3.75. The van der Waals surface area contributed by atoms with Crippen molar-refractivity contribution in [2.75, 3.05) is 7.11 Å². The van der Waals surface area contributed by atoms with Gasteiger partial charge in [-0.05, 0) is 46.9 Å². The molecule has 1 aromatic heterocycles. The number of hydrogen-bond donors (Lipinski definition) is 0. The van der Waals surface area contributed by atoms with Gasteiger partial charge in [0.2, 0.25) is 0 Å². The van der Waals surface area contributed by atoms with Crippen LogP contribution in [0.5, 0.6) is 5.75 Å². The molecule has 1 aromatic carbocycles. The van der Waals surface area contributed by atoms with Gasteiger partial charge >= 0.3 is 0 Å². The van der Waals surface area contributed by atoms with Crippen LogP contribution in [0.25, 0.3) is 0 Å². The van der Waals surface area contributed by atoms with E-state index >= 15 is 0 Å². The predicted octanol–water partition coefficient (Wildman–Crippen LogP) is 3.69. The SMILES string of the molecule is COc1cncc(C(=O)c2cc(I)ccc2Br)c1. The molecule has 18 heavy (non-hydrogen) atoms. The lowest BCUT2D eigenvalue weighted by molar-refractivity contribution is 0.103. The fourth-order valence-corrected chi connectivity index (χ4v) is 2.40. The summed E-state index contributed by atoms with van der Waals surface area (Å²) in [4.78, 5) is 16.3. The first kappa shape index (κ1) is 13.5. The second-order valence-corrected chi connectivity index (χ2v) is 5.67. The van der Waals surface area contributed by atoms with E-state index in [0.29, 0.717) is 16.9 Å². The van der Waals surface area contributed by atoms with Gasteiger partial charge in [0.15, 0.2) is 5.78 Å². The molecule has 5 heteroatoms. The maximum atomic E-state index is 12.4. The summed E-state index contributed by atoms with van der Waals surface area (Å²) in [5.41, 5.74) is 1.13. The summed E-state index contributed by atoms with van der Waals surface area (Å²) in [5, 5.41) is 0. The molecule has 0 atom stereocenters. The summed E-state index contributed by atoms with van der Waals surface area (Å²) in [6, 6.07) is 7.32. The number of hydrogen-bond acceptors (Lipinski definition) is 3. The molecule has 0 spiro atoms. The van der Waals surface area contributed by atoms with Gasteiger partial charge in [-0.3, -0.25) is 9.78 Å². The standard InChI is InChI=1S/C13H9BrINO2/c1-18-10-4-8(6-16-7-10)13(17)11-5-9(15)2-3-12(11)14/h2-7H,1H3. The van der Waals surface area contributed by atoms with E-state index in [-0.39, 0.29) is 5.78 Å². The van der Waals surface area contributed by atoms with Crippen molar-refractivity contribution in [3.05, 3.63) is 55.8 Å². The largest absolute Gasteiger partial charge is 0.495 e. The monoisotopic (exact) mass is 417 g/mol. The average Bonchev–Trinajstić information content (AvgIpc) is 2.41. The number of nitrogens with zero attached hydrogens (tertiary/aromatic N) is 1. The Morgan fingerprint density at radius 3 is 2.83 bits per heavy atom. The van der Waals surface area contributed by atoms with Gasteiger partial charge in [-0.1, -0.05) is 15.9 Å². The highest BCUT2D eigenvalue weighted by Crippen LogP contribution is 2.23. The molecule has 0 aliphatic heterocycles. The second kappa shape index (κ2) is 5.79. The molecule has 0 saturated heterocycles. The average molecular weight is 418 g/mol. The molecule has 0 bridgehead atoms. The van der Waals surface area contributed by atoms with Crippen molar-refractivity contribution < 1.29 is 9.53 Å². The normalized spacial score (nSPS) is 10.2. The third-order valence-electron chi connectivity index (χ3n) is 2.38. The lowest BCUT2D eigenvalue weighted by atomic mass is 10.1. The molecule has 0 fully saturated rings. The zero-order valence-corrected chi connectivity index (χ0v) is 13.2. The van der Waals surface area contributed by atoms with Crippen LogP contribution >= 0.6 is 38.5 Å². The Balaban J connectivity index is 2.44.